The zero-order chi connectivity index (χ0) is 13.0. The fourth-order valence-electron chi connectivity index (χ4n) is 1.78. The summed E-state index contributed by atoms with van der Waals surface area (Å²) in [6, 6.07) is -0.0562. The van der Waals surface area contributed by atoms with Gasteiger partial charge in [-0.05, 0) is 34.1 Å². The summed E-state index contributed by atoms with van der Waals surface area (Å²) in [6.45, 7) is 7.57. The Kier molecular flexibility index (Phi) is 4.69. The van der Waals surface area contributed by atoms with Crippen molar-refractivity contribution in [1.82, 2.24) is 10.5 Å². The summed E-state index contributed by atoms with van der Waals surface area (Å²) in [5, 5.41) is 6.80. The van der Waals surface area contributed by atoms with E-state index < -0.39 is 0 Å². The predicted octanol–water partition coefficient (Wildman–Crippen LogP) is 1.08. The van der Waals surface area contributed by atoms with Gasteiger partial charge in [-0.1, -0.05) is 5.16 Å². The van der Waals surface area contributed by atoms with Gasteiger partial charge < -0.3 is 15.6 Å². The maximum absolute atomic E-state index is 11.5. The molecule has 0 bridgehead atoms. The first kappa shape index (κ1) is 13.7. The zero-order valence-corrected chi connectivity index (χ0v) is 10.9. The second-order valence-electron chi connectivity index (χ2n) is 4.66. The standard InChI is InChI=1S/C12H21N3O2/c1-7(13)5-12(16)14-8(2)6-11-9(3)15-17-10(11)4/h7-8H,5-6,13H2,1-4H3,(H,14,16). The Balaban J connectivity index is 2.50. The van der Waals surface area contributed by atoms with Gasteiger partial charge in [0.05, 0.1) is 5.69 Å². The van der Waals surface area contributed by atoms with Crippen molar-refractivity contribution in [3.8, 4) is 0 Å². The van der Waals surface area contributed by atoms with Crippen molar-refractivity contribution in [2.24, 2.45) is 5.73 Å². The SMILES string of the molecule is Cc1noc(C)c1CC(C)NC(=O)CC(C)N. The summed E-state index contributed by atoms with van der Waals surface area (Å²) in [4.78, 5) is 11.5. The van der Waals surface area contributed by atoms with Crippen LogP contribution in [-0.4, -0.2) is 23.1 Å². The minimum Gasteiger partial charge on any atom is -0.361 e. The molecule has 5 heteroatoms. The summed E-state index contributed by atoms with van der Waals surface area (Å²) in [5.74, 6) is 0.801. The van der Waals surface area contributed by atoms with Crippen molar-refractivity contribution in [2.75, 3.05) is 0 Å². The summed E-state index contributed by atoms with van der Waals surface area (Å²) in [5.41, 5.74) is 7.52. The molecule has 0 aliphatic rings. The quantitative estimate of drug-likeness (QED) is 0.805. The highest BCUT2D eigenvalue weighted by atomic mass is 16.5. The van der Waals surface area contributed by atoms with Crippen molar-refractivity contribution in [1.29, 1.82) is 0 Å². The summed E-state index contributed by atoms with van der Waals surface area (Å²) in [6.07, 6.45) is 1.08. The lowest BCUT2D eigenvalue weighted by molar-refractivity contribution is -0.121. The average Bonchev–Trinajstić information content (AvgIpc) is 2.47. The zero-order valence-electron chi connectivity index (χ0n) is 10.9. The lowest BCUT2D eigenvalue weighted by atomic mass is 10.1. The molecule has 1 aromatic rings. The van der Waals surface area contributed by atoms with E-state index in [2.05, 4.69) is 10.5 Å². The van der Waals surface area contributed by atoms with Gasteiger partial charge in [-0.3, -0.25) is 4.79 Å². The highest BCUT2D eigenvalue weighted by molar-refractivity contribution is 5.76. The number of aryl methyl sites for hydroxylation is 2. The van der Waals surface area contributed by atoms with Gasteiger partial charge in [-0.15, -0.1) is 0 Å². The maximum Gasteiger partial charge on any atom is 0.221 e. The van der Waals surface area contributed by atoms with Gasteiger partial charge in [-0.25, -0.2) is 0 Å². The monoisotopic (exact) mass is 239 g/mol. The molecule has 0 fully saturated rings. The van der Waals surface area contributed by atoms with Crippen LogP contribution in [-0.2, 0) is 11.2 Å². The molecule has 96 valence electrons. The third kappa shape index (κ3) is 4.19. The topological polar surface area (TPSA) is 81.2 Å². The molecule has 0 aliphatic carbocycles. The molecule has 0 saturated carbocycles. The molecule has 5 nitrogen and oxygen atoms in total. The van der Waals surface area contributed by atoms with E-state index in [0.717, 1.165) is 23.4 Å². The molecule has 1 aromatic heterocycles. The first-order chi connectivity index (χ1) is 7.90. The molecule has 1 heterocycles. The van der Waals surface area contributed by atoms with Crippen molar-refractivity contribution in [3.05, 3.63) is 17.0 Å². The van der Waals surface area contributed by atoms with Crippen LogP contribution >= 0.6 is 0 Å². The van der Waals surface area contributed by atoms with Crippen LogP contribution in [0.15, 0.2) is 4.52 Å². The smallest absolute Gasteiger partial charge is 0.221 e. The van der Waals surface area contributed by atoms with Crippen molar-refractivity contribution in [2.45, 2.75) is 52.6 Å². The lowest BCUT2D eigenvalue weighted by Crippen LogP contribution is -2.37. The Morgan fingerprint density at radius 3 is 2.59 bits per heavy atom. The molecule has 0 aliphatic heterocycles. The van der Waals surface area contributed by atoms with E-state index in [1.165, 1.54) is 0 Å². The van der Waals surface area contributed by atoms with Crippen molar-refractivity contribution >= 4 is 5.91 Å². The van der Waals surface area contributed by atoms with Gasteiger partial charge in [0.15, 0.2) is 0 Å². The second-order valence-corrected chi connectivity index (χ2v) is 4.66. The number of rotatable bonds is 5. The largest absolute Gasteiger partial charge is 0.361 e. The Bertz CT molecular complexity index is 366. The van der Waals surface area contributed by atoms with Crippen LogP contribution in [0.5, 0.6) is 0 Å². The number of nitrogens with zero attached hydrogens (tertiary/aromatic N) is 1. The first-order valence-corrected chi connectivity index (χ1v) is 5.86. The Labute approximate surface area is 102 Å². The summed E-state index contributed by atoms with van der Waals surface area (Å²) < 4.78 is 5.08. The third-order valence-electron chi connectivity index (χ3n) is 2.61. The normalized spacial score (nSPS) is 14.4. The molecule has 3 N–H and O–H groups in total. The lowest BCUT2D eigenvalue weighted by Gasteiger charge is -2.14. The van der Waals surface area contributed by atoms with Crippen LogP contribution in [0.1, 0.15) is 37.3 Å². The number of hydrogen-bond donors (Lipinski definition) is 2. The second kappa shape index (κ2) is 5.82. The van der Waals surface area contributed by atoms with E-state index in [4.69, 9.17) is 10.3 Å². The molecule has 2 unspecified atom stereocenters. The fourth-order valence-corrected chi connectivity index (χ4v) is 1.78. The molecular formula is C12H21N3O2. The van der Waals surface area contributed by atoms with Gasteiger partial charge in [0.2, 0.25) is 5.91 Å². The van der Waals surface area contributed by atoms with E-state index in [1.807, 2.05) is 27.7 Å². The van der Waals surface area contributed by atoms with Crippen LogP contribution in [0.2, 0.25) is 0 Å². The Hall–Kier alpha value is -1.36. The highest BCUT2D eigenvalue weighted by Gasteiger charge is 2.15. The summed E-state index contributed by atoms with van der Waals surface area (Å²) >= 11 is 0. The van der Waals surface area contributed by atoms with Gasteiger partial charge in [-0.2, -0.15) is 0 Å². The number of hydrogen-bond acceptors (Lipinski definition) is 4. The van der Waals surface area contributed by atoms with Gasteiger partial charge in [0.25, 0.3) is 0 Å². The number of amides is 1. The van der Waals surface area contributed by atoms with Gasteiger partial charge in [0, 0.05) is 24.1 Å². The molecule has 0 radical (unpaired) electrons. The number of carbonyl (C=O) groups excluding carboxylic acids is 1. The predicted molar refractivity (Wildman–Crippen MR) is 65.6 cm³/mol. The van der Waals surface area contributed by atoms with E-state index in [0.29, 0.717) is 6.42 Å². The summed E-state index contributed by atoms with van der Waals surface area (Å²) in [7, 11) is 0. The van der Waals surface area contributed by atoms with Crippen LogP contribution in [0, 0.1) is 13.8 Å². The van der Waals surface area contributed by atoms with Crippen LogP contribution in [0.4, 0.5) is 0 Å². The molecule has 2 atom stereocenters. The fraction of sp³-hybridized carbons (Fsp3) is 0.667. The van der Waals surface area contributed by atoms with Gasteiger partial charge >= 0.3 is 0 Å². The number of nitrogens with one attached hydrogen (secondary N) is 1. The number of nitrogens with two attached hydrogens (primary N) is 1. The minimum absolute atomic E-state index is 0.0146. The van der Waals surface area contributed by atoms with Crippen molar-refractivity contribution < 1.29 is 9.32 Å². The maximum atomic E-state index is 11.5. The molecular weight excluding hydrogens is 218 g/mol. The number of aromatic nitrogens is 1. The van der Waals surface area contributed by atoms with E-state index >= 15 is 0 Å². The third-order valence-corrected chi connectivity index (χ3v) is 2.61. The van der Waals surface area contributed by atoms with E-state index in [9.17, 15) is 4.79 Å². The molecule has 0 saturated heterocycles. The highest BCUT2D eigenvalue weighted by Crippen LogP contribution is 2.14. The number of carbonyl (C=O) groups is 1. The van der Waals surface area contributed by atoms with Crippen molar-refractivity contribution in [3.63, 3.8) is 0 Å². The van der Waals surface area contributed by atoms with Crippen LogP contribution in [0.3, 0.4) is 0 Å². The van der Waals surface area contributed by atoms with Crippen LogP contribution in [0.25, 0.3) is 0 Å². The molecule has 1 amide bonds. The average molecular weight is 239 g/mol. The molecule has 0 spiro atoms. The van der Waals surface area contributed by atoms with E-state index in [-0.39, 0.29) is 18.0 Å². The molecule has 0 aromatic carbocycles. The Morgan fingerprint density at radius 2 is 2.12 bits per heavy atom. The van der Waals surface area contributed by atoms with E-state index in [1.54, 1.807) is 0 Å². The Morgan fingerprint density at radius 1 is 1.47 bits per heavy atom. The van der Waals surface area contributed by atoms with Gasteiger partial charge in [0.1, 0.15) is 5.76 Å². The first-order valence-electron chi connectivity index (χ1n) is 5.86. The molecule has 1 rings (SSSR count). The molecule has 17 heavy (non-hydrogen) atoms. The van der Waals surface area contributed by atoms with Crippen LogP contribution < -0.4 is 11.1 Å². The minimum atomic E-state index is -0.110.